The van der Waals surface area contributed by atoms with Gasteiger partial charge < -0.3 is 29.2 Å². The topological polar surface area (TPSA) is 89.6 Å². The summed E-state index contributed by atoms with van der Waals surface area (Å²) < 4.78 is 23.5. The number of carbonyl (C=O) groups excluding carboxylic acids is 2. The van der Waals surface area contributed by atoms with Crippen LogP contribution in [0, 0.1) is 0 Å². The van der Waals surface area contributed by atoms with Gasteiger partial charge in [0.1, 0.15) is 5.75 Å². The minimum absolute atomic E-state index is 0.00609. The van der Waals surface area contributed by atoms with Crippen LogP contribution < -0.4 is 14.8 Å². The number of ether oxygens (including phenoxy) is 4. The van der Waals surface area contributed by atoms with Crippen molar-refractivity contribution in [1.82, 2.24) is 15.1 Å². The number of carbonyl (C=O) groups is 2. The lowest BCUT2D eigenvalue weighted by Crippen LogP contribution is -2.49. The Morgan fingerprint density at radius 2 is 1.83 bits per heavy atom. The molecule has 3 aliphatic rings. The predicted octanol–water partition coefficient (Wildman–Crippen LogP) is 3.93. The Morgan fingerprint density at radius 3 is 2.63 bits per heavy atom. The monoisotopic (exact) mass is 565 g/mol. The van der Waals surface area contributed by atoms with E-state index >= 15 is 0 Å². The first kappa shape index (κ1) is 29.4. The second kappa shape index (κ2) is 14.2. The van der Waals surface area contributed by atoms with Gasteiger partial charge in [-0.3, -0.25) is 14.5 Å². The van der Waals surface area contributed by atoms with Crippen LogP contribution in [-0.2, 0) is 32.1 Å². The van der Waals surface area contributed by atoms with E-state index in [1.807, 2.05) is 42.5 Å². The third-order valence-electron chi connectivity index (χ3n) is 8.43. The Kier molecular flexibility index (Phi) is 10.1. The Labute approximate surface area is 243 Å². The molecule has 2 aromatic carbocycles. The maximum absolute atomic E-state index is 13.3. The number of aryl methyl sites for hydroxylation is 1. The number of rotatable bonds is 5. The van der Waals surface area contributed by atoms with Crippen molar-refractivity contribution >= 4 is 11.8 Å². The normalized spacial score (nSPS) is 23.2. The lowest BCUT2D eigenvalue weighted by atomic mass is 9.94. The number of benzene rings is 2. The van der Waals surface area contributed by atoms with Crippen LogP contribution in [0.15, 0.2) is 42.5 Å². The van der Waals surface area contributed by atoms with Crippen LogP contribution in [0.3, 0.4) is 0 Å². The Morgan fingerprint density at radius 1 is 0.976 bits per heavy atom. The molecule has 41 heavy (non-hydrogen) atoms. The van der Waals surface area contributed by atoms with E-state index < -0.39 is 0 Å². The van der Waals surface area contributed by atoms with Crippen LogP contribution in [0.25, 0.3) is 0 Å². The molecule has 4 bridgehead atoms. The zero-order chi connectivity index (χ0) is 28.6. The summed E-state index contributed by atoms with van der Waals surface area (Å²) in [5, 5.41) is 3.22. The Hall–Kier alpha value is -3.14. The molecule has 2 heterocycles. The minimum Gasteiger partial charge on any atom is -0.493 e. The van der Waals surface area contributed by atoms with E-state index in [0.717, 1.165) is 24.2 Å². The second-order valence-electron chi connectivity index (χ2n) is 11.3. The molecule has 1 N–H and O–H groups in total. The van der Waals surface area contributed by atoms with Gasteiger partial charge in [-0.2, -0.15) is 0 Å². The number of methoxy groups -OCH3 is 2. The second-order valence-corrected chi connectivity index (χ2v) is 11.3. The molecule has 2 atom stereocenters. The van der Waals surface area contributed by atoms with Gasteiger partial charge >= 0.3 is 0 Å². The first-order valence-electron chi connectivity index (χ1n) is 14.9. The summed E-state index contributed by atoms with van der Waals surface area (Å²) in [5.74, 6) is 1.64. The maximum Gasteiger partial charge on any atom is 0.239 e. The molecular formula is C32H43N3O6. The molecule has 2 aliphatic heterocycles. The maximum atomic E-state index is 13.3. The van der Waals surface area contributed by atoms with Crippen molar-refractivity contribution in [3.8, 4) is 17.2 Å². The Bertz CT molecular complexity index is 1180. The number of amides is 2. The smallest absolute Gasteiger partial charge is 0.239 e. The fourth-order valence-corrected chi connectivity index (χ4v) is 6.17. The van der Waals surface area contributed by atoms with Crippen molar-refractivity contribution in [3.63, 3.8) is 0 Å². The average Bonchev–Trinajstić information content (AvgIpc) is 3.39. The molecule has 0 spiro atoms. The van der Waals surface area contributed by atoms with Crippen LogP contribution in [0.2, 0.25) is 0 Å². The summed E-state index contributed by atoms with van der Waals surface area (Å²) in [6.45, 7) is 2.65. The highest BCUT2D eigenvalue weighted by molar-refractivity contribution is 5.85. The van der Waals surface area contributed by atoms with E-state index in [0.29, 0.717) is 49.5 Å². The highest BCUT2D eigenvalue weighted by atomic mass is 16.5. The predicted molar refractivity (Wildman–Crippen MR) is 155 cm³/mol. The third-order valence-corrected chi connectivity index (χ3v) is 8.43. The lowest BCUT2D eigenvalue weighted by Gasteiger charge is -2.31. The summed E-state index contributed by atoms with van der Waals surface area (Å²) >= 11 is 0. The van der Waals surface area contributed by atoms with Crippen LogP contribution in [-0.4, -0.2) is 86.8 Å². The molecule has 1 aliphatic carbocycles. The third kappa shape index (κ3) is 7.78. The molecule has 222 valence electrons. The van der Waals surface area contributed by atoms with Crippen LogP contribution >= 0.6 is 0 Å². The fraction of sp³-hybridized carbons (Fsp3) is 0.562. The van der Waals surface area contributed by atoms with E-state index in [2.05, 4.69) is 10.2 Å². The largest absolute Gasteiger partial charge is 0.493 e. The van der Waals surface area contributed by atoms with E-state index in [1.54, 1.807) is 19.1 Å². The van der Waals surface area contributed by atoms with Crippen molar-refractivity contribution in [2.45, 2.75) is 69.7 Å². The molecule has 5 rings (SSSR count). The number of nitrogens with one attached hydrogen (secondary N) is 1. The quantitative estimate of drug-likeness (QED) is 0.588. The fourth-order valence-electron chi connectivity index (χ4n) is 6.17. The number of hydrogen-bond donors (Lipinski definition) is 1. The summed E-state index contributed by atoms with van der Waals surface area (Å²) in [6.07, 6.45) is 6.81. The van der Waals surface area contributed by atoms with Gasteiger partial charge in [-0.1, -0.05) is 37.5 Å². The van der Waals surface area contributed by atoms with Gasteiger partial charge in [-0.05, 0) is 54.7 Å². The van der Waals surface area contributed by atoms with Gasteiger partial charge in [0.15, 0.2) is 11.5 Å². The molecule has 0 radical (unpaired) electrons. The van der Waals surface area contributed by atoms with Crippen molar-refractivity contribution in [2.75, 3.05) is 47.0 Å². The van der Waals surface area contributed by atoms with Gasteiger partial charge in [0, 0.05) is 39.2 Å². The molecule has 1 saturated carbocycles. The zero-order valence-corrected chi connectivity index (χ0v) is 24.3. The van der Waals surface area contributed by atoms with E-state index in [-0.39, 0.29) is 36.9 Å². The molecule has 1 saturated heterocycles. The standard InChI is InChI=1S/C32H43N3O6/c1-38-16-15-34-21-31(36)33-27-19-35(25-8-4-3-5-9-25)20-30(27)40-22-24-7-6-10-26(17-24)41-29-18-23(12-14-32(34)37)11-13-28(29)39-2/h6-7,10-11,13,17-18,25,27,30H,3-5,8-9,12,14-16,19-22H2,1-2H3,(H,33,36)/t27-,30-/m0/s1. The number of nitrogens with zero attached hydrogens (tertiary/aromatic N) is 2. The molecule has 0 aromatic heterocycles. The molecular weight excluding hydrogens is 522 g/mol. The van der Waals surface area contributed by atoms with Gasteiger partial charge in [0.25, 0.3) is 0 Å². The van der Waals surface area contributed by atoms with E-state index in [9.17, 15) is 9.59 Å². The van der Waals surface area contributed by atoms with Gasteiger partial charge in [-0.25, -0.2) is 0 Å². The average molecular weight is 566 g/mol. The number of hydrogen-bond acceptors (Lipinski definition) is 7. The first-order chi connectivity index (χ1) is 20.0. The summed E-state index contributed by atoms with van der Waals surface area (Å²) in [6, 6.07) is 14.0. The van der Waals surface area contributed by atoms with Crippen molar-refractivity contribution < 1.29 is 28.5 Å². The molecule has 2 fully saturated rings. The highest BCUT2D eigenvalue weighted by Gasteiger charge is 2.38. The van der Waals surface area contributed by atoms with Crippen LogP contribution in [0.5, 0.6) is 17.2 Å². The Balaban J connectivity index is 1.41. The van der Waals surface area contributed by atoms with Crippen LogP contribution in [0.1, 0.15) is 49.7 Å². The van der Waals surface area contributed by atoms with Crippen LogP contribution in [0.4, 0.5) is 0 Å². The molecule has 0 unspecified atom stereocenters. The summed E-state index contributed by atoms with van der Waals surface area (Å²) in [5.41, 5.74) is 1.94. The minimum atomic E-state index is -0.165. The summed E-state index contributed by atoms with van der Waals surface area (Å²) in [4.78, 5) is 30.7. The van der Waals surface area contributed by atoms with E-state index in [1.165, 1.54) is 32.1 Å². The van der Waals surface area contributed by atoms with Crippen molar-refractivity contribution in [3.05, 3.63) is 53.6 Å². The van der Waals surface area contributed by atoms with Gasteiger partial charge in [0.2, 0.25) is 11.8 Å². The highest BCUT2D eigenvalue weighted by Crippen LogP contribution is 2.34. The van der Waals surface area contributed by atoms with E-state index in [4.69, 9.17) is 18.9 Å². The van der Waals surface area contributed by atoms with Gasteiger partial charge in [0.05, 0.1) is 39.0 Å². The lowest BCUT2D eigenvalue weighted by molar-refractivity contribution is -0.137. The summed E-state index contributed by atoms with van der Waals surface area (Å²) in [7, 11) is 3.21. The molecule has 9 heteroatoms. The number of likely N-dealkylation sites (tertiary alicyclic amines) is 1. The van der Waals surface area contributed by atoms with Gasteiger partial charge in [-0.15, -0.1) is 0 Å². The zero-order valence-electron chi connectivity index (χ0n) is 24.3. The van der Waals surface area contributed by atoms with Crippen molar-refractivity contribution in [2.24, 2.45) is 0 Å². The first-order valence-corrected chi connectivity index (χ1v) is 14.9. The molecule has 2 amide bonds. The molecule has 9 nitrogen and oxygen atoms in total. The SMILES string of the molecule is COCCN1CC(=O)N[C@H]2CN(C3CCCCC3)C[C@@H]2OCc2cccc(c2)Oc2cc(ccc2OC)CCC1=O. The van der Waals surface area contributed by atoms with Crippen molar-refractivity contribution in [1.29, 1.82) is 0 Å². The molecule has 2 aromatic rings. The number of fused-ring (bicyclic) bond motifs is 5.